The quantitative estimate of drug-likeness (QED) is 0.887. The molecule has 0 aliphatic rings. The first kappa shape index (κ1) is 15.3. The average molecular weight is 305 g/mol. The van der Waals surface area contributed by atoms with Crippen LogP contribution in [0.4, 0.5) is 10.8 Å². The predicted octanol–water partition coefficient (Wildman–Crippen LogP) is 3.53. The summed E-state index contributed by atoms with van der Waals surface area (Å²) in [7, 11) is 1.79. The van der Waals surface area contributed by atoms with Gasteiger partial charge in [0.25, 0.3) is 5.91 Å². The number of hydrogen-bond donors (Lipinski definition) is 2. The van der Waals surface area contributed by atoms with E-state index in [1.165, 1.54) is 11.3 Å². The van der Waals surface area contributed by atoms with E-state index in [9.17, 15) is 4.79 Å². The van der Waals surface area contributed by atoms with Crippen molar-refractivity contribution in [3.05, 3.63) is 34.8 Å². The lowest BCUT2D eigenvalue weighted by Gasteiger charge is -2.10. The van der Waals surface area contributed by atoms with Crippen LogP contribution in [0.2, 0.25) is 0 Å². The number of benzene rings is 1. The van der Waals surface area contributed by atoms with E-state index in [4.69, 9.17) is 4.74 Å². The van der Waals surface area contributed by atoms with Crippen LogP contribution in [-0.4, -0.2) is 24.0 Å². The molecule has 2 N–H and O–H groups in total. The molecule has 0 aliphatic heterocycles. The second-order valence-corrected chi connectivity index (χ2v) is 5.83. The maximum absolute atomic E-state index is 12.2. The number of amides is 1. The molecule has 0 spiro atoms. The van der Waals surface area contributed by atoms with E-state index >= 15 is 0 Å². The number of hydrogen-bond acceptors (Lipinski definition) is 5. The van der Waals surface area contributed by atoms with Gasteiger partial charge < -0.3 is 15.4 Å². The highest BCUT2D eigenvalue weighted by molar-refractivity contribution is 7.17. The summed E-state index contributed by atoms with van der Waals surface area (Å²) in [5.41, 5.74) is 1.46. The second kappa shape index (κ2) is 6.58. The van der Waals surface area contributed by atoms with Gasteiger partial charge in [-0.15, -0.1) is 0 Å². The zero-order valence-corrected chi connectivity index (χ0v) is 13.4. The second-order valence-electron chi connectivity index (χ2n) is 4.83. The van der Waals surface area contributed by atoms with Gasteiger partial charge in [-0.1, -0.05) is 11.3 Å². The Hall–Kier alpha value is -2.08. The molecule has 1 aromatic heterocycles. The lowest BCUT2D eigenvalue weighted by atomic mass is 10.3. The number of aromatic nitrogens is 1. The van der Waals surface area contributed by atoms with Gasteiger partial charge in [0.05, 0.1) is 11.8 Å². The standard InChI is InChI=1S/C15H19N3O2S/c1-9(2)20-12-7-5-11(6-8-12)18-14(19)13-10(3)17-15(16-4)21-13/h5-9H,1-4H3,(H,16,17)(H,18,19). The summed E-state index contributed by atoms with van der Waals surface area (Å²) in [6.45, 7) is 5.77. The van der Waals surface area contributed by atoms with Crippen LogP contribution in [0.3, 0.4) is 0 Å². The Morgan fingerprint density at radius 1 is 1.29 bits per heavy atom. The Labute approximate surface area is 128 Å². The van der Waals surface area contributed by atoms with Crippen LogP contribution in [0.15, 0.2) is 24.3 Å². The number of aryl methyl sites for hydroxylation is 1. The summed E-state index contributed by atoms with van der Waals surface area (Å²) >= 11 is 1.34. The molecular weight excluding hydrogens is 286 g/mol. The molecule has 6 heteroatoms. The van der Waals surface area contributed by atoms with E-state index in [0.717, 1.165) is 22.3 Å². The Morgan fingerprint density at radius 2 is 1.95 bits per heavy atom. The SMILES string of the molecule is CNc1nc(C)c(C(=O)Nc2ccc(OC(C)C)cc2)s1. The van der Waals surface area contributed by atoms with Crippen LogP contribution in [0, 0.1) is 6.92 Å². The summed E-state index contributed by atoms with van der Waals surface area (Å²) in [5, 5.41) is 6.54. The van der Waals surface area contributed by atoms with Gasteiger partial charge in [0.2, 0.25) is 0 Å². The molecule has 0 aliphatic carbocycles. The number of thiazole rings is 1. The van der Waals surface area contributed by atoms with Crippen molar-refractivity contribution in [2.75, 3.05) is 17.7 Å². The number of nitrogens with one attached hydrogen (secondary N) is 2. The van der Waals surface area contributed by atoms with Gasteiger partial charge in [-0.3, -0.25) is 4.79 Å². The number of carbonyl (C=O) groups excluding carboxylic acids is 1. The Bertz CT molecular complexity index is 620. The van der Waals surface area contributed by atoms with Crippen LogP contribution in [0.1, 0.15) is 29.2 Å². The smallest absolute Gasteiger partial charge is 0.267 e. The normalized spacial score (nSPS) is 10.5. The van der Waals surface area contributed by atoms with Crippen molar-refractivity contribution < 1.29 is 9.53 Å². The summed E-state index contributed by atoms with van der Waals surface area (Å²) < 4.78 is 5.57. The highest BCUT2D eigenvalue weighted by Crippen LogP contribution is 2.24. The zero-order chi connectivity index (χ0) is 15.4. The van der Waals surface area contributed by atoms with E-state index < -0.39 is 0 Å². The number of ether oxygens (including phenoxy) is 1. The van der Waals surface area contributed by atoms with E-state index in [-0.39, 0.29) is 12.0 Å². The summed E-state index contributed by atoms with van der Waals surface area (Å²) in [6, 6.07) is 7.33. The van der Waals surface area contributed by atoms with Crippen molar-refractivity contribution in [1.82, 2.24) is 4.98 Å². The topological polar surface area (TPSA) is 63.2 Å². The van der Waals surface area contributed by atoms with Gasteiger partial charge in [-0.25, -0.2) is 4.98 Å². The molecule has 5 nitrogen and oxygen atoms in total. The fraction of sp³-hybridized carbons (Fsp3) is 0.333. The molecule has 0 fully saturated rings. The van der Waals surface area contributed by atoms with Crippen LogP contribution < -0.4 is 15.4 Å². The van der Waals surface area contributed by atoms with Crippen molar-refractivity contribution in [3.8, 4) is 5.75 Å². The van der Waals surface area contributed by atoms with Crippen molar-refractivity contribution >= 4 is 28.1 Å². The molecule has 112 valence electrons. The summed E-state index contributed by atoms with van der Waals surface area (Å²) in [5.74, 6) is 0.637. The summed E-state index contributed by atoms with van der Waals surface area (Å²) in [6.07, 6.45) is 0.130. The number of rotatable bonds is 5. The first-order valence-corrected chi connectivity index (χ1v) is 7.54. The van der Waals surface area contributed by atoms with Gasteiger partial charge in [0.1, 0.15) is 10.6 Å². The fourth-order valence-corrected chi connectivity index (χ4v) is 2.61. The van der Waals surface area contributed by atoms with Crippen molar-refractivity contribution in [1.29, 1.82) is 0 Å². The first-order chi connectivity index (χ1) is 9.99. The van der Waals surface area contributed by atoms with Crippen LogP contribution in [0.5, 0.6) is 5.75 Å². The largest absolute Gasteiger partial charge is 0.491 e. The van der Waals surface area contributed by atoms with Gasteiger partial charge >= 0.3 is 0 Å². The molecule has 1 amide bonds. The molecule has 2 aromatic rings. The lowest BCUT2D eigenvalue weighted by molar-refractivity contribution is 0.103. The van der Waals surface area contributed by atoms with E-state index in [1.54, 1.807) is 7.05 Å². The molecule has 1 heterocycles. The van der Waals surface area contributed by atoms with Gasteiger partial charge in [0, 0.05) is 12.7 Å². The molecular formula is C15H19N3O2S. The molecule has 0 saturated heterocycles. The maximum Gasteiger partial charge on any atom is 0.267 e. The number of nitrogens with zero attached hydrogens (tertiary/aromatic N) is 1. The van der Waals surface area contributed by atoms with Crippen molar-refractivity contribution in [2.45, 2.75) is 26.9 Å². The molecule has 0 saturated carbocycles. The number of anilines is 2. The third-order valence-corrected chi connectivity index (χ3v) is 3.87. The Balaban J connectivity index is 2.06. The summed E-state index contributed by atoms with van der Waals surface area (Å²) in [4.78, 5) is 17.1. The monoisotopic (exact) mass is 305 g/mol. The third-order valence-electron chi connectivity index (χ3n) is 2.70. The molecule has 0 atom stereocenters. The molecule has 2 rings (SSSR count). The van der Waals surface area contributed by atoms with Crippen molar-refractivity contribution in [2.24, 2.45) is 0 Å². The average Bonchev–Trinajstić information content (AvgIpc) is 2.82. The molecule has 1 aromatic carbocycles. The first-order valence-electron chi connectivity index (χ1n) is 6.73. The van der Waals surface area contributed by atoms with Crippen molar-refractivity contribution in [3.63, 3.8) is 0 Å². The fourth-order valence-electron chi connectivity index (χ4n) is 1.79. The van der Waals surface area contributed by atoms with E-state index in [0.29, 0.717) is 4.88 Å². The molecule has 0 radical (unpaired) electrons. The minimum atomic E-state index is -0.149. The van der Waals surface area contributed by atoms with Gasteiger partial charge in [-0.05, 0) is 45.0 Å². The van der Waals surface area contributed by atoms with Gasteiger partial charge in [0.15, 0.2) is 5.13 Å². The zero-order valence-electron chi connectivity index (χ0n) is 12.6. The molecule has 0 unspecified atom stereocenters. The van der Waals surface area contributed by atoms with Crippen LogP contribution in [0.25, 0.3) is 0 Å². The van der Waals surface area contributed by atoms with E-state index in [2.05, 4.69) is 15.6 Å². The Morgan fingerprint density at radius 3 is 2.48 bits per heavy atom. The Kier molecular flexibility index (Phi) is 4.80. The maximum atomic E-state index is 12.2. The minimum Gasteiger partial charge on any atom is -0.491 e. The molecule has 0 bridgehead atoms. The third kappa shape index (κ3) is 3.95. The minimum absolute atomic E-state index is 0.130. The van der Waals surface area contributed by atoms with E-state index in [1.807, 2.05) is 45.0 Å². The molecule has 21 heavy (non-hydrogen) atoms. The highest BCUT2D eigenvalue weighted by atomic mass is 32.1. The lowest BCUT2D eigenvalue weighted by Crippen LogP contribution is -2.11. The highest BCUT2D eigenvalue weighted by Gasteiger charge is 2.15. The predicted molar refractivity (Wildman–Crippen MR) is 86.6 cm³/mol. The number of carbonyl (C=O) groups is 1. The van der Waals surface area contributed by atoms with Crippen LogP contribution >= 0.6 is 11.3 Å². The van der Waals surface area contributed by atoms with Crippen LogP contribution in [-0.2, 0) is 0 Å². The van der Waals surface area contributed by atoms with Gasteiger partial charge in [-0.2, -0.15) is 0 Å².